The van der Waals surface area contributed by atoms with E-state index in [0.29, 0.717) is 12.2 Å². The number of hydrogen-bond donors (Lipinski definition) is 1. The Balaban J connectivity index is 1.47. The van der Waals surface area contributed by atoms with Crippen LogP contribution in [0.1, 0.15) is 17.4 Å². The summed E-state index contributed by atoms with van der Waals surface area (Å²) >= 11 is 3.06. The quantitative estimate of drug-likeness (QED) is 0.866. The largest absolute Gasteiger partial charge is 0.337 e. The Bertz CT molecular complexity index is 761. The van der Waals surface area contributed by atoms with Gasteiger partial charge in [0, 0.05) is 23.7 Å². The molecule has 1 aliphatic rings. The first kappa shape index (κ1) is 17.9. The van der Waals surface area contributed by atoms with Crippen molar-refractivity contribution in [2.24, 2.45) is 0 Å². The zero-order valence-electron chi connectivity index (χ0n) is 13.8. The standard InChI is InChI=1S/C18H19FN2O2S2/c1-12(18(23)21-8-6-16-13(10-21)7-9-24-16)25-11-17(22)20-15-4-2-14(19)3-5-15/h2-5,7,9,12H,6,8,10-11H2,1H3,(H,20,22)/t12-/m1/s1. The summed E-state index contributed by atoms with van der Waals surface area (Å²) in [6.07, 6.45) is 0.904. The van der Waals surface area contributed by atoms with Crippen LogP contribution in [0.5, 0.6) is 0 Å². The van der Waals surface area contributed by atoms with Gasteiger partial charge in [-0.2, -0.15) is 0 Å². The predicted molar refractivity (Wildman–Crippen MR) is 100 cm³/mol. The molecule has 1 N–H and O–H groups in total. The summed E-state index contributed by atoms with van der Waals surface area (Å²) in [6.45, 7) is 3.23. The van der Waals surface area contributed by atoms with E-state index in [4.69, 9.17) is 0 Å². The number of hydrogen-bond acceptors (Lipinski definition) is 4. The molecule has 2 amide bonds. The molecule has 0 saturated heterocycles. The molecule has 0 aliphatic carbocycles. The lowest BCUT2D eigenvalue weighted by Gasteiger charge is -2.29. The average Bonchev–Trinajstić information content (AvgIpc) is 3.08. The topological polar surface area (TPSA) is 49.4 Å². The van der Waals surface area contributed by atoms with Crippen molar-refractivity contribution < 1.29 is 14.0 Å². The molecule has 0 fully saturated rings. The highest BCUT2D eigenvalue weighted by molar-refractivity contribution is 8.01. The fourth-order valence-electron chi connectivity index (χ4n) is 2.70. The van der Waals surface area contributed by atoms with Crippen molar-refractivity contribution in [3.63, 3.8) is 0 Å². The second kappa shape index (κ2) is 8.01. The summed E-state index contributed by atoms with van der Waals surface area (Å²) in [5.41, 5.74) is 1.78. The number of fused-ring (bicyclic) bond motifs is 1. The molecule has 4 nitrogen and oxygen atoms in total. The van der Waals surface area contributed by atoms with E-state index in [1.54, 1.807) is 11.3 Å². The van der Waals surface area contributed by atoms with Gasteiger partial charge in [-0.05, 0) is 54.6 Å². The van der Waals surface area contributed by atoms with Crippen molar-refractivity contribution >= 4 is 40.6 Å². The molecule has 25 heavy (non-hydrogen) atoms. The summed E-state index contributed by atoms with van der Waals surface area (Å²) in [4.78, 5) is 27.8. The molecule has 1 aromatic heterocycles. The minimum absolute atomic E-state index is 0.0661. The lowest BCUT2D eigenvalue weighted by atomic mass is 10.1. The lowest BCUT2D eigenvalue weighted by Crippen LogP contribution is -2.40. The molecule has 3 rings (SSSR count). The van der Waals surface area contributed by atoms with E-state index in [0.717, 1.165) is 13.0 Å². The third-order valence-electron chi connectivity index (χ3n) is 4.06. The molecule has 0 bridgehead atoms. The Labute approximate surface area is 154 Å². The smallest absolute Gasteiger partial charge is 0.235 e. The van der Waals surface area contributed by atoms with Crippen LogP contribution >= 0.6 is 23.1 Å². The van der Waals surface area contributed by atoms with Crippen LogP contribution in [0.25, 0.3) is 0 Å². The highest BCUT2D eigenvalue weighted by Gasteiger charge is 2.25. The number of halogens is 1. The van der Waals surface area contributed by atoms with Crippen LogP contribution in [0.4, 0.5) is 10.1 Å². The molecule has 0 spiro atoms. The van der Waals surface area contributed by atoms with Gasteiger partial charge in [0.25, 0.3) is 0 Å². The first-order chi connectivity index (χ1) is 12.0. The molecule has 2 heterocycles. The summed E-state index contributed by atoms with van der Waals surface area (Å²) in [6, 6.07) is 7.69. The molecular weight excluding hydrogens is 359 g/mol. The number of carbonyl (C=O) groups is 2. The zero-order valence-corrected chi connectivity index (χ0v) is 15.5. The van der Waals surface area contributed by atoms with Crippen LogP contribution in [-0.2, 0) is 22.6 Å². The first-order valence-electron chi connectivity index (χ1n) is 8.04. The van der Waals surface area contributed by atoms with Crippen LogP contribution < -0.4 is 5.32 Å². The Morgan fingerprint density at radius 2 is 2.08 bits per heavy atom. The maximum absolute atomic E-state index is 12.9. The van der Waals surface area contributed by atoms with E-state index in [1.165, 1.54) is 46.5 Å². The number of thiophene rings is 1. The summed E-state index contributed by atoms with van der Waals surface area (Å²) in [7, 11) is 0. The molecule has 1 aromatic carbocycles. The van der Waals surface area contributed by atoms with Gasteiger partial charge in [-0.1, -0.05) is 0 Å². The minimum Gasteiger partial charge on any atom is -0.337 e. The van der Waals surface area contributed by atoms with Gasteiger partial charge in [-0.3, -0.25) is 9.59 Å². The first-order valence-corrected chi connectivity index (χ1v) is 9.97. The molecular formula is C18H19FN2O2S2. The van der Waals surface area contributed by atoms with Gasteiger partial charge in [0.2, 0.25) is 11.8 Å². The fraction of sp³-hybridized carbons (Fsp3) is 0.333. The second-order valence-corrected chi connectivity index (χ2v) is 8.22. The summed E-state index contributed by atoms with van der Waals surface area (Å²) in [5.74, 6) is -0.296. The molecule has 1 aliphatic heterocycles. The number of amides is 2. The third kappa shape index (κ3) is 4.61. The second-order valence-electron chi connectivity index (χ2n) is 5.89. The van der Waals surface area contributed by atoms with Crippen LogP contribution in [0, 0.1) is 5.82 Å². The molecule has 0 unspecified atom stereocenters. The normalized spacial score (nSPS) is 14.7. The number of anilines is 1. The summed E-state index contributed by atoms with van der Waals surface area (Å²) in [5, 5.41) is 4.49. The van der Waals surface area contributed by atoms with E-state index in [-0.39, 0.29) is 28.6 Å². The van der Waals surface area contributed by atoms with Gasteiger partial charge >= 0.3 is 0 Å². The van der Waals surface area contributed by atoms with E-state index in [1.807, 2.05) is 11.8 Å². The molecule has 0 radical (unpaired) electrons. The predicted octanol–water partition coefficient (Wildman–Crippen LogP) is 3.53. The van der Waals surface area contributed by atoms with Crippen molar-refractivity contribution in [2.45, 2.75) is 25.1 Å². The van der Waals surface area contributed by atoms with Crippen LogP contribution in [0.2, 0.25) is 0 Å². The van der Waals surface area contributed by atoms with E-state index >= 15 is 0 Å². The summed E-state index contributed by atoms with van der Waals surface area (Å²) < 4.78 is 12.9. The van der Waals surface area contributed by atoms with Crippen LogP contribution in [0.15, 0.2) is 35.7 Å². The molecule has 1 atom stereocenters. The third-order valence-corrected chi connectivity index (χ3v) is 6.21. The van der Waals surface area contributed by atoms with Gasteiger partial charge in [0.1, 0.15) is 5.82 Å². The number of nitrogens with one attached hydrogen (secondary N) is 1. The average molecular weight is 378 g/mol. The van der Waals surface area contributed by atoms with Crippen molar-refractivity contribution in [2.75, 3.05) is 17.6 Å². The number of nitrogens with zero attached hydrogens (tertiary/aromatic N) is 1. The highest BCUT2D eigenvalue weighted by Crippen LogP contribution is 2.25. The van der Waals surface area contributed by atoms with Gasteiger partial charge in [0.15, 0.2) is 0 Å². The van der Waals surface area contributed by atoms with Gasteiger partial charge < -0.3 is 10.2 Å². The fourth-order valence-corrected chi connectivity index (χ4v) is 4.35. The molecule has 132 valence electrons. The number of carbonyl (C=O) groups excluding carboxylic acids is 2. The maximum Gasteiger partial charge on any atom is 0.235 e. The van der Waals surface area contributed by atoms with E-state index in [2.05, 4.69) is 16.8 Å². The van der Waals surface area contributed by atoms with Gasteiger partial charge in [-0.15, -0.1) is 23.1 Å². The molecule has 7 heteroatoms. The minimum atomic E-state index is -0.345. The SMILES string of the molecule is C[C@@H](SCC(=O)Nc1ccc(F)cc1)C(=O)N1CCc2sccc2C1. The van der Waals surface area contributed by atoms with Crippen molar-refractivity contribution in [3.05, 3.63) is 52.0 Å². The number of benzene rings is 1. The van der Waals surface area contributed by atoms with Gasteiger partial charge in [0.05, 0.1) is 11.0 Å². The zero-order chi connectivity index (χ0) is 17.8. The molecule has 2 aromatic rings. The maximum atomic E-state index is 12.9. The Morgan fingerprint density at radius 1 is 1.32 bits per heavy atom. The van der Waals surface area contributed by atoms with Crippen molar-refractivity contribution in [1.82, 2.24) is 4.90 Å². The van der Waals surface area contributed by atoms with Crippen LogP contribution in [-0.4, -0.2) is 34.3 Å². The van der Waals surface area contributed by atoms with Crippen molar-refractivity contribution in [1.29, 1.82) is 0 Å². The molecule has 0 saturated carbocycles. The van der Waals surface area contributed by atoms with Crippen molar-refractivity contribution in [3.8, 4) is 0 Å². The van der Waals surface area contributed by atoms with E-state index < -0.39 is 0 Å². The Hall–Kier alpha value is -1.86. The lowest BCUT2D eigenvalue weighted by molar-refractivity contribution is -0.131. The van der Waals surface area contributed by atoms with Gasteiger partial charge in [-0.25, -0.2) is 4.39 Å². The number of thioether (sulfide) groups is 1. The monoisotopic (exact) mass is 378 g/mol. The van der Waals surface area contributed by atoms with E-state index in [9.17, 15) is 14.0 Å². The van der Waals surface area contributed by atoms with Crippen LogP contribution in [0.3, 0.4) is 0 Å². The highest BCUT2D eigenvalue weighted by atomic mass is 32.2. The Kier molecular flexibility index (Phi) is 5.75. The number of rotatable bonds is 5. The Morgan fingerprint density at radius 3 is 2.84 bits per heavy atom.